The Morgan fingerprint density at radius 3 is 2.43 bits per heavy atom. The Labute approximate surface area is 125 Å². The summed E-state index contributed by atoms with van der Waals surface area (Å²) < 4.78 is 0. The summed E-state index contributed by atoms with van der Waals surface area (Å²) in [5.74, 6) is 0. The van der Waals surface area contributed by atoms with Gasteiger partial charge in [-0.3, -0.25) is 0 Å². The third-order valence-corrected chi connectivity index (χ3v) is 3.57. The average molecular weight is 277 g/mol. The fraction of sp³-hybridized carbons (Fsp3) is 0.111. The lowest BCUT2D eigenvalue weighted by molar-refractivity contribution is 1.13. The van der Waals surface area contributed by atoms with Gasteiger partial charge >= 0.3 is 0 Å². The summed E-state index contributed by atoms with van der Waals surface area (Å²) in [7, 11) is 4.07. The maximum Gasteiger partial charge on any atom is 0.0624 e. The molecular formula is C18H19N3. The van der Waals surface area contributed by atoms with Gasteiger partial charge in [0.05, 0.1) is 11.4 Å². The summed E-state index contributed by atoms with van der Waals surface area (Å²) in [6, 6.07) is 16.5. The molecule has 0 radical (unpaired) electrons. The summed E-state index contributed by atoms with van der Waals surface area (Å²) in [4.78, 5) is 2.08. The Hall–Kier alpha value is -2.68. The molecule has 0 spiro atoms. The fourth-order valence-electron chi connectivity index (χ4n) is 2.35. The van der Waals surface area contributed by atoms with Crippen molar-refractivity contribution in [2.75, 3.05) is 24.3 Å². The van der Waals surface area contributed by atoms with E-state index in [4.69, 9.17) is 5.73 Å². The van der Waals surface area contributed by atoms with E-state index in [9.17, 15) is 0 Å². The highest BCUT2D eigenvalue weighted by molar-refractivity contribution is 5.80. The number of nitrogens with one attached hydrogen (secondary N) is 1. The lowest BCUT2D eigenvalue weighted by Crippen LogP contribution is -2.14. The van der Waals surface area contributed by atoms with Gasteiger partial charge in [-0.2, -0.15) is 0 Å². The van der Waals surface area contributed by atoms with Crippen LogP contribution in [0.4, 0.5) is 11.4 Å². The predicted molar refractivity (Wildman–Crippen MR) is 91.0 cm³/mol. The fourth-order valence-corrected chi connectivity index (χ4v) is 2.35. The molecule has 1 aliphatic rings. The zero-order valence-corrected chi connectivity index (χ0v) is 12.3. The molecule has 0 saturated heterocycles. The second-order valence-corrected chi connectivity index (χ2v) is 5.36. The molecule has 3 N–H and O–H groups in total. The zero-order chi connectivity index (χ0) is 14.8. The van der Waals surface area contributed by atoms with Gasteiger partial charge in [-0.15, -0.1) is 0 Å². The highest BCUT2D eigenvalue weighted by Gasteiger charge is 2.11. The molecule has 2 aromatic carbocycles. The first-order valence-corrected chi connectivity index (χ1v) is 6.96. The number of hydrogen-bond donors (Lipinski definition) is 2. The monoisotopic (exact) mass is 277 g/mol. The summed E-state index contributed by atoms with van der Waals surface area (Å²) in [6.45, 7) is 0. The topological polar surface area (TPSA) is 41.3 Å². The van der Waals surface area contributed by atoms with Crippen LogP contribution in [0.25, 0.3) is 12.2 Å². The minimum atomic E-state index is 0.755. The number of nitrogens with two attached hydrogens (primary N) is 1. The average Bonchev–Trinajstić information content (AvgIpc) is 2.48. The first kappa shape index (κ1) is 13.3. The van der Waals surface area contributed by atoms with E-state index in [1.54, 1.807) is 0 Å². The molecular weight excluding hydrogens is 258 g/mol. The minimum absolute atomic E-state index is 0.755. The lowest BCUT2D eigenvalue weighted by atomic mass is 10.0. The molecule has 1 heterocycles. The van der Waals surface area contributed by atoms with Crippen LogP contribution in [-0.2, 0) is 0 Å². The van der Waals surface area contributed by atoms with Crippen LogP contribution in [0, 0.1) is 0 Å². The van der Waals surface area contributed by atoms with Crippen molar-refractivity contribution in [3.8, 4) is 0 Å². The maximum atomic E-state index is 6.14. The summed E-state index contributed by atoms with van der Waals surface area (Å²) in [6.07, 6.45) is 4.08. The largest absolute Gasteiger partial charge is 0.397 e. The van der Waals surface area contributed by atoms with E-state index in [2.05, 4.69) is 52.7 Å². The molecule has 106 valence electrons. The quantitative estimate of drug-likeness (QED) is 0.882. The van der Waals surface area contributed by atoms with E-state index in [1.165, 1.54) is 5.69 Å². The van der Waals surface area contributed by atoms with E-state index >= 15 is 0 Å². The van der Waals surface area contributed by atoms with Crippen LogP contribution < -0.4 is 16.0 Å². The van der Waals surface area contributed by atoms with Gasteiger partial charge in [0.2, 0.25) is 0 Å². The molecule has 0 aromatic heterocycles. The minimum Gasteiger partial charge on any atom is -0.397 e. The normalized spacial score (nSPS) is 15.1. The van der Waals surface area contributed by atoms with Gasteiger partial charge in [-0.25, -0.2) is 0 Å². The van der Waals surface area contributed by atoms with Crippen LogP contribution in [0.2, 0.25) is 0 Å². The molecule has 3 rings (SSSR count). The maximum absolute atomic E-state index is 6.14. The Morgan fingerprint density at radius 2 is 1.71 bits per heavy atom. The molecule has 0 atom stereocenters. The number of anilines is 2. The zero-order valence-electron chi connectivity index (χ0n) is 12.3. The third-order valence-electron chi connectivity index (χ3n) is 3.57. The van der Waals surface area contributed by atoms with Crippen LogP contribution in [0.3, 0.4) is 0 Å². The molecule has 0 bridgehead atoms. The number of benzene rings is 2. The SMILES string of the molecule is CN(C)c1ccc(C=C2Nc3ccccc3C=C2N)cc1. The second kappa shape index (κ2) is 5.37. The number of rotatable bonds is 2. The van der Waals surface area contributed by atoms with Crippen molar-refractivity contribution in [1.29, 1.82) is 0 Å². The van der Waals surface area contributed by atoms with Gasteiger partial charge in [0.15, 0.2) is 0 Å². The first-order chi connectivity index (χ1) is 10.1. The number of nitrogens with zero attached hydrogens (tertiary/aromatic N) is 1. The van der Waals surface area contributed by atoms with Gasteiger partial charge in [0.1, 0.15) is 0 Å². The summed E-state index contributed by atoms with van der Waals surface area (Å²) >= 11 is 0. The number of hydrogen-bond acceptors (Lipinski definition) is 3. The van der Waals surface area contributed by atoms with Crippen LogP contribution in [0.15, 0.2) is 59.9 Å². The Bertz CT molecular complexity index is 709. The van der Waals surface area contributed by atoms with E-state index < -0.39 is 0 Å². The van der Waals surface area contributed by atoms with Gasteiger partial charge in [-0.1, -0.05) is 30.3 Å². The Morgan fingerprint density at radius 1 is 1.00 bits per heavy atom. The standard InChI is InChI=1S/C18H19N3/c1-21(2)15-9-7-13(8-10-15)11-18-16(19)12-14-5-3-4-6-17(14)20-18/h3-12,20H,19H2,1-2H3. The van der Waals surface area contributed by atoms with E-state index in [0.717, 1.165) is 28.2 Å². The molecule has 3 nitrogen and oxygen atoms in total. The third kappa shape index (κ3) is 2.77. The van der Waals surface area contributed by atoms with Crippen molar-refractivity contribution < 1.29 is 0 Å². The van der Waals surface area contributed by atoms with Gasteiger partial charge in [-0.05, 0) is 35.9 Å². The second-order valence-electron chi connectivity index (χ2n) is 5.36. The number of fused-ring (bicyclic) bond motifs is 1. The van der Waals surface area contributed by atoms with Crippen molar-refractivity contribution in [2.45, 2.75) is 0 Å². The molecule has 0 fully saturated rings. The van der Waals surface area contributed by atoms with Crippen LogP contribution in [0.5, 0.6) is 0 Å². The molecule has 0 unspecified atom stereocenters. The van der Waals surface area contributed by atoms with Gasteiger partial charge in [0, 0.05) is 31.0 Å². The molecule has 0 amide bonds. The van der Waals surface area contributed by atoms with E-state index in [-0.39, 0.29) is 0 Å². The molecule has 21 heavy (non-hydrogen) atoms. The summed E-state index contributed by atoms with van der Waals surface area (Å²) in [5.41, 5.74) is 12.3. The van der Waals surface area contributed by atoms with Crippen molar-refractivity contribution >= 4 is 23.5 Å². The molecule has 2 aromatic rings. The van der Waals surface area contributed by atoms with Crippen LogP contribution >= 0.6 is 0 Å². The van der Waals surface area contributed by atoms with Crippen LogP contribution in [0.1, 0.15) is 11.1 Å². The number of para-hydroxylation sites is 1. The lowest BCUT2D eigenvalue weighted by Gasteiger charge is -2.19. The van der Waals surface area contributed by atoms with E-state index in [0.29, 0.717) is 0 Å². The van der Waals surface area contributed by atoms with E-state index in [1.807, 2.05) is 32.3 Å². The Balaban J connectivity index is 1.91. The first-order valence-electron chi connectivity index (χ1n) is 6.96. The highest BCUT2D eigenvalue weighted by atomic mass is 15.1. The van der Waals surface area contributed by atoms with Crippen molar-refractivity contribution in [3.05, 3.63) is 71.1 Å². The van der Waals surface area contributed by atoms with Crippen molar-refractivity contribution in [3.63, 3.8) is 0 Å². The Kier molecular flexibility index (Phi) is 3.40. The molecule has 3 heteroatoms. The van der Waals surface area contributed by atoms with Gasteiger partial charge < -0.3 is 16.0 Å². The molecule has 0 saturated carbocycles. The van der Waals surface area contributed by atoms with Crippen molar-refractivity contribution in [2.24, 2.45) is 5.73 Å². The predicted octanol–water partition coefficient (Wildman–Crippen LogP) is 3.52. The molecule has 1 aliphatic heterocycles. The van der Waals surface area contributed by atoms with Crippen LogP contribution in [-0.4, -0.2) is 14.1 Å². The summed E-state index contributed by atoms with van der Waals surface area (Å²) in [5, 5.41) is 3.39. The van der Waals surface area contributed by atoms with Crippen molar-refractivity contribution in [1.82, 2.24) is 0 Å². The highest BCUT2D eigenvalue weighted by Crippen LogP contribution is 2.27. The smallest absolute Gasteiger partial charge is 0.0624 e. The molecule has 0 aliphatic carbocycles. The van der Waals surface area contributed by atoms with Gasteiger partial charge in [0.25, 0.3) is 0 Å².